The third-order valence-electron chi connectivity index (χ3n) is 3.89. The first-order valence-corrected chi connectivity index (χ1v) is 8.62. The first kappa shape index (κ1) is 19.1. The van der Waals surface area contributed by atoms with E-state index in [4.69, 9.17) is 14.2 Å². The van der Waals surface area contributed by atoms with Gasteiger partial charge in [0.1, 0.15) is 5.75 Å². The Kier molecular flexibility index (Phi) is 6.70. The average molecular weight is 408 g/mol. The van der Waals surface area contributed by atoms with E-state index in [2.05, 4.69) is 21.2 Å². The van der Waals surface area contributed by atoms with Gasteiger partial charge in [0.15, 0.2) is 11.5 Å². The Morgan fingerprint density at radius 2 is 1.64 bits per heavy atom. The number of methoxy groups -OCH3 is 3. The van der Waals surface area contributed by atoms with E-state index in [0.29, 0.717) is 11.5 Å². The number of amides is 1. The highest BCUT2D eigenvalue weighted by atomic mass is 79.9. The predicted molar refractivity (Wildman–Crippen MR) is 101 cm³/mol. The summed E-state index contributed by atoms with van der Waals surface area (Å²) in [5.74, 6) is 1.86. The van der Waals surface area contributed by atoms with Crippen LogP contribution in [0.15, 0.2) is 40.9 Å². The second kappa shape index (κ2) is 8.76. The fourth-order valence-corrected chi connectivity index (χ4v) is 3.06. The molecule has 0 spiro atoms. The van der Waals surface area contributed by atoms with Gasteiger partial charge in [-0.2, -0.15) is 0 Å². The molecule has 2 aromatic carbocycles. The molecule has 0 aromatic heterocycles. The highest BCUT2D eigenvalue weighted by molar-refractivity contribution is 9.10. The van der Waals surface area contributed by atoms with Crippen LogP contribution in [0.3, 0.4) is 0 Å². The molecule has 0 saturated heterocycles. The number of hydrogen-bond acceptors (Lipinski definition) is 4. The first-order valence-electron chi connectivity index (χ1n) is 7.82. The monoisotopic (exact) mass is 407 g/mol. The first-order chi connectivity index (χ1) is 12.0. The Labute approximate surface area is 156 Å². The van der Waals surface area contributed by atoms with Gasteiger partial charge in [-0.25, -0.2) is 0 Å². The van der Waals surface area contributed by atoms with Crippen molar-refractivity contribution in [1.29, 1.82) is 0 Å². The van der Waals surface area contributed by atoms with Gasteiger partial charge in [-0.15, -0.1) is 0 Å². The molecule has 2 aromatic rings. The molecule has 1 unspecified atom stereocenters. The number of halogens is 1. The van der Waals surface area contributed by atoms with Crippen LogP contribution >= 0.6 is 15.9 Å². The van der Waals surface area contributed by atoms with Gasteiger partial charge in [-0.05, 0) is 30.7 Å². The molecule has 0 heterocycles. The van der Waals surface area contributed by atoms with Gasteiger partial charge in [-0.3, -0.25) is 4.79 Å². The van der Waals surface area contributed by atoms with E-state index in [1.165, 1.54) is 0 Å². The van der Waals surface area contributed by atoms with Gasteiger partial charge in [0.25, 0.3) is 0 Å². The zero-order valence-corrected chi connectivity index (χ0v) is 16.3. The van der Waals surface area contributed by atoms with E-state index in [0.717, 1.165) is 21.3 Å². The Hall–Kier alpha value is -2.21. The number of nitrogens with one attached hydrogen (secondary N) is 1. The molecule has 0 aliphatic rings. The van der Waals surface area contributed by atoms with E-state index < -0.39 is 0 Å². The normalized spacial score (nSPS) is 11.6. The maximum atomic E-state index is 12.5. The van der Waals surface area contributed by atoms with Crippen LogP contribution in [0, 0.1) is 0 Å². The quantitative estimate of drug-likeness (QED) is 0.755. The van der Waals surface area contributed by atoms with Crippen molar-refractivity contribution in [3.05, 3.63) is 52.0 Å². The van der Waals surface area contributed by atoms with Crippen LogP contribution in [0.25, 0.3) is 0 Å². The van der Waals surface area contributed by atoms with Gasteiger partial charge in [0, 0.05) is 10.0 Å². The minimum atomic E-state index is -0.164. The van der Waals surface area contributed by atoms with Crippen molar-refractivity contribution in [2.45, 2.75) is 19.4 Å². The third-order valence-corrected chi connectivity index (χ3v) is 4.62. The summed E-state index contributed by atoms with van der Waals surface area (Å²) < 4.78 is 16.7. The summed E-state index contributed by atoms with van der Waals surface area (Å²) in [6, 6.07) is 11.1. The third kappa shape index (κ3) is 4.66. The topological polar surface area (TPSA) is 56.8 Å². The minimum absolute atomic E-state index is 0.0914. The maximum Gasteiger partial charge on any atom is 0.224 e. The Balaban J connectivity index is 2.12. The minimum Gasteiger partial charge on any atom is -0.496 e. The standard InChI is InChI=1S/C19H22BrNO4/c1-12(14-7-5-6-8-16(14)23-2)21-19(22)10-13-9-17(24-3)18(25-4)11-15(13)20/h5-9,11-12H,10H2,1-4H3,(H,21,22). The zero-order valence-electron chi connectivity index (χ0n) is 14.8. The lowest BCUT2D eigenvalue weighted by Crippen LogP contribution is -2.28. The van der Waals surface area contributed by atoms with Crippen molar-refractivity contribution in [2.75, 3.05) is 21.3 Å². The van der Waals surface area contributed by atoms with Gasteiger partial charge >= 0.3 is 0 Å². The number of benzene rings is 2. The SMILES string of the molecule is COc1cc(Br)c(CC(=O)NC(C)c2ccccc2OC)cc1OC. The summed E-state index contributed by atoms with van der Waals surface area (Å²) in [5.41, 5.74) is 1.76. The van der Waals surface area contributed by atoms with Crippen LogP contribution < -0.4 is 19.5 Å². The Morgan fingerprint density at radius 3 is 2.28 bits per heavy atom. The van der Waals surface area contributed by atoms with E-state index in [1.54, 1.807) is 33.5 Å². The van der Waals surface area contributed by atoms with Gasteiger partial charge in [-0.1, -0.05) is 34.1 Å². The van der Waals surface area contributed by atoms with E-state index in [1.807, 2.05) is 31.2 Å². The molecule has 0 radical (unpaired) electrons. The van der Waals surface area contributed by atoms with Crippen molar-refractivity contribution in [1.82, 2.24) is 5.32 Å². The highest BCUT2D eigenvalue weighted by Gasteiger charge is 2.16. The second-order valence-corrected chi connectivity index (χ2v) is 6.36. The number of para-hydroxylation sites is 1. The van der Waals surface area contributed by atoms with Gasteiger partial charge in [0.05, 0.1) is 33.8 Å². The summed E-state index contributed by atoms with van der Waals surface area (Å²) in [7, 11) is 4.76. The van der Waals surface area contributed by atoms with Gasteiger partial charge < -0.3 is 19.5 Å². The molecule has 6 heteroatoms. The molecular weight excluding hydrogens is 386 g/mol. The molecule has 0 aliphatic carbocycles. The number of hydrogen-bond donors (Lipinski definition) is 1. The highest BCUT2D eigenvalue weighted by Crippen LogP contribution is 2.33. The molecule has 1 N–H and O–H groups in total. The summed E-state index contributed by atoms with van der Waals surface area (Å²) in [6.07, 6.45) is 0.223. The van der Waals surface area contributed by atoms with Crippen molar-refractivity contribution in [3.63, 3.8) is 0 Å². The largest absolute Gasteiger partial charge is 0.496 e. The van der Waals surface area contributed by atoms with Crippen LogP contribution in [0.4, 0.5) is 0 Å². The van der Waals surface area contributed by atoms with Crippen molar-refractivity contribution in [2.24, 2.45) is 0 Å². The maximum absolute atomic E-state index is 12.5. The molecule has 0 fully saturated rings. The molecule has 2 rings (SSSR count). The number of ether oxygens (including phenoxy) is 3. The molecule has 0 aliphatic heterocycles. The summed E-state index contributed by atoms with van der Waals surface area (Å²) >= 11 is 3.48. The summed E-state index contributed by atoms with van der Waals surface area (Å²) in [4.78, 5) is 12.5. The molecule has 25 heavy (non-hydrogen) atoms. The predicted octanol–water partition coefficient (Wildman–Crippen LogP) is 3.89. The van der Waals surface area contributed by atoms with Gasteiger partial charge in [0.2, 0.25) is 5.91 Å². The molecule has 0 saturated carbocycles. The molecule has 5 nitrogen and oxygen atoms in total. The van der Waals surface area contributed by atoms with Crippen molar-refractivity contribution >= 4 is 21.8 Å². The van der Waals surface area contributed by atoms with Crippen molar-refractivity contribution < 1.29 is 19.0 Å². The molecular formula is C19H22BrNO4. The van der Waals surface area contributed by atoms with Crippen molar-refractivity contribution in [3.8, 4) is 17.2 Å². The fraction of sp³-hybridized carbons (Fsp3) is 0.316. The smallest absolute Gasteiger partial charge is 0.224 e. The lowest BCUT2D eigenvalue weighted by Gasteiger charge is -2.18. The fourth-order valence-electron chi connectivity index (χ4n) is 2.60. The average Bonchev–Trinajstić information content (AvgIpc) is 2.62. The second-order valence-electron chi connectivity index (χ2n) is 5.51. The van der Waals surface area contributed by atoms with Crippen LogP contribution in [-0.2, 0) is 11.2 Å². The molecule has 1 atom stereocenters. The number of rotatable bonds is 7. The Bertz CT molecular complexity index is 748. The van der Waals surface area contributed by atoms with Crippen LogP contribution in [-0.4, -0.2) is 27.2 Å². The number of carbonyl (C=O) groups is 1. The molecule has 1 amide bonds. The molecule has 134 valence electrons. The zero-order chi connectivity index (χ0) is 18.4. The lowest BCUT2D eigenvalue weighted by atomic mass is 10.1. The van der Waals surface area contributed by atoms with E-state index in [9.17, 15) is 4.79 Å². The van der Waals surface area contributed by atoms with E-state index >= 15 is 0 Å². The Morgan fingerprint density at radius 1 is 1.04 bits per heavy atom. The summed E-state index contributed by atoms with van der Waals surface area (Å²) in [6.45, 7) is 1.93. The van der Waals surface area contributed by atoms with Crippen LogP contribution in [0.1, 0.15) is 24.1 Å². The molecule has 0 bridgehead atoms. The summed E-state index contributed by atoms with van der Waals surface area (Å²) in [5, 5.41) is 3.00. The lowest BCUT2D eigenvalue weighted by molar-refractivity contribution is -0.121. The van der Waals surface area contributed by atoms with Crippen LogP contribution in [0.2, 0.25) is 0 Å². The number of carbonyl (C=O) groups excluding carboxylic acids is 1. The van der Waals surface area contributed by atoms with Crippen LogP contribution in [0.5, 0.6) is 17.2 Å². The van der Waals surface area contributed by atoms with E-state index in [-0.39, 0.29) is 18.4 Å².